The van der Waals surface area contributed by atoms with E-state index >= 15 is 0 Å². The number of methoxy groups -OCH3 is 3. The average molecular weight is 363 g/mol. The lowest BCUT2D eigenvalue weighted by atomic mass is 10.1. The summed E-state index contributed by atoms with van der Waals surface area (Å²) in [6.07, 6.45) is 0. The Morgan fingerprint density at radius 3 is 2.27 bits per heavy atom. The summed E-state index contributed by atoms with van der Waals surface area (Å²) in [5.74, 6) is 0.530. The molecule has 140 valence electrons. The first-order valence-corrected chi connectivity index (χ1v) is 7.95. The van der Waals surface area contributed by atoms with Gasteiger partial charge in [0, 0.05) is 7.05 Å². The molecule has 7 heteroatoms. The summed E-state index contributed by atoms with van der Waals surface area (Å²) in [5, 5.41) is 0. The fourth-order valence-electron chi connectivity index (χ4n) is 2.43. The zero-order valence-corrected chi connectivity index (χ0v) is 15.2. The highest BCUT2D eigenvalue weighted by molar-refractivity contribution is 5.98. The van der Waals surface area contributed by atoms with E-state index in [1.165, 1.54) is 38.4 Å². The number of halogens is 1. The van der Waals surface area contributed by atoms with Gasteiger partial charge in [-0.05, 0) is 24.3 Å². The molecule has 0 atom stereocenters. The van der Waals surface area contributed by atoms with E-state index in [9.17, 15) is 9.18 Å². The first kappa shape index (κ1) is 19.4. The van der Waals surface area contributed by atoms with Gasteiger partial charge in [-0.15, -0.1) is 0 Å². The average Bonchev–Trinajstić information content (AvgIpc) is 2.67. The van der Waals surface area contributed by atoms with Crippen LogP contribution in [-0.2, 0) is 0 Å². The Morgan fingerprint density at radius 1 is 0.962 bits per heavy atom. The maximum Gasteiger partial charge on any atom is 0.257 e. The van der Waals surface area contributed by atoms with Crippen molar-refractivity contribution < 1.29 is 28.1 Å². The van der Waals surface area contributed by atoms with Crippen LogP contribution in [0.1, 0.15) is 10.4 Å². The van der Waals surface area contributed by atoms with Gasteiger partial charge in [0.1, 0.15) is 6.61 Å². The van der Waals surface area contributed by atoms with Crippen LogP contribution in [0, 0.1) is 5.82 Å². The Labute approximate surface area is 152 Å². The van der Waals surface area contributed by atoms with Crippen molar-refractivity contribution >= 4 is 5.91 Å². The normalized spacial score (nSPS) is 10.2. The molecule has 0 radical (unpaired) electrons. The van der Waals surface area contributed by atoms with Crippen LogP contribution in [0.25, 0.3) is 0 Å². The molecule has 0 aliphatic carbocycles. The zero-order valence-electron chi connectivity index (χ0n) is 15.2. The number of carbonyl (C=O) groups is 1. The van der Waals surface area contributed by atoms with Gasteiger partial charge in [-0.1, -0.05) is 12.1 Å². The SMILES string of the molecule is COc1ccc(C(=O)N(C)CCOc2ccccc2F)c(OC)c1OC. The number of benzene rings is 2. The minimum atomic E-state index is -0.442. The Balaban J connectivity index is 2.09. The topological polar surface area (TPSA) is 57.2 Å². The molecular weight excluding hydrogens is 341 g/mol. The number of carbonyl (C=O) groups excluding carboxylic acids is 1. The van der Waals surface area contributed by atoms with Crippen LogP contribution in [0.15, 0.2) is 36.4 Å². The van der Waals surface area contributed by atoms with Crippen LogP contribution in [-0.4, -0.2) is 52.3 Å². The standard InChI is InChI=1S/C19H22FNO5/c1-21(11-12-26-15-8-6-5-7-14(15)20)19(22)13-9-10-16(23-2)18(25-4)17(13)24-3/h5-10H,11-12H2,1-4H3. The fourth-order valence-corrected chi connectivity index (χ4v) is 2.43. The molecule has 2 rings (SSSR count). The molecule has 0 bridgehead atoms. The quantitative estimate of drug-likeness (QED) is 0.722. The van der Waals surface area contributed by atoms with Gasteiger partial charge in [0.25, 0.3) is 5.91 Å². The summed E-state index contributed by atoms with van der Waals surface area (Å²) in [4.78, 5) is 14.2. The predicted octanol–water partition coefficient (Wildman–Crippen LogP) is 3.00. The number of nitrogens with zero attached hydrogens (tertiary/aromatic N) is 1. The van der Waals surface area contributed by atoms with Crippen LogP contribution >= 0.6 is 0 Å². The third kappa shape index (κ3) is 4.17. The lowest BCUT2D eigenvalue weighted by molar-refractivity contribution is 0.0768. The predicted molar refractivity (Wildman–Crippen MR) is 95.0 cm³/mol. The second kappa shape index (κ2) is 8.94. The van der Waals surface area contributed by atoms with E-state index in [0.29, 0.717) is 22.8 Å². The van der Waals surface area contributed by atoms with Crippen LogP contribution in [0.5, 0.6) is 23.0 Å². The highest BCUT2D eigenvalue weighted by atomic mass is 19.1. The largest absolute Gasteiger partial charge is 0.493 e. The Kier molecular flexibility index (Phi) is 6.66. The van der Waals surface area contributed by atoms with E-state index in [4.69, 9.17) is 18.9 Å². The molecule has 0 fully saturated rings. The van der Waals surface area contributed by atoms with Gasteiger partial charge in [-0.3, -0.25) is 4.79 Å². The van der Waals surface area contributed by atoms with Gasteiger partial charge >= 0.3 is 0 Å². The molecule has 0 aliphatic heterocycles. The summed E-state index contributed by atoms with van der Waals surface area (Å²) < 4.78 is 34.8. The van der Waals surface area contributed by atoms with Crippen molar-refractivity contribution in [3.05, 3.63) is 47.8 Å². The summed E-state index contributed by atoms with van der Waals surface area (Å²) in [6, 6.07) is 9.37. The molecule has 26 heavy (non-hydrogen) atoms. The third-order valence-electron chi connectivity index (χ3n) is 3.80. The van der Waals surface area contributed by atoms with Gasteiger partial charge in [-0.2, -0.15) is 0 Å². The highest BCUT2D eigenvalue weighted by Gasteiger charge is 2.23. The lowest BCUT2D eigenvalue weighted by Gasteiger charge is -2.20. The summed E-state index contributed by atoms with van der Waals surface area (Å²) in [5.41, 5.74) is 0.332. The molecule has 0 saturated heterocycles. The maximum absolute atomic E-state index is 13.5. The van der Waals surface area contributed by atoms with Gasteiger partial charge in [0.15, 0.2) is 23.1 Å². The first-order chi connectivity index (χ1) is 12.5. The summed E-state index contributed by atoms with van der Waals surface area (Å²) >= 11 is 0. The Morgan fingerprint density at radius 2 is 1.65 bits per heavy atom. The smallest absolute Gasteiger partial charge is 0.257 e. The molecule has 6 nitrogen and oxygen atoms in total. The van der Waals surface area contributed by atoms with Gasteiger partial charge in [0.05, 0.1) is 33.4 Å². The zero-order chi connectivity index (χ0) is 19.1. The van der Waals surface area contributed by atoms with Crippen molar-refractivity contribution in [1.29, 1.82) is 0 Å². The molecule has 0 aliphatic rings. The molecule has 0 saturated carbocycles. The van der Waals surface area contributed by atoms with Gasteiger partial charge in [-0.25, -0.2) is 4.39 Å². The Hall–Kier alpha value is -2.96. The monoisotopic (exact) mass is 363 g/mol. The van der Waals surface area contributed by atoms with E-state index < -0.39 is 5.82 Å². The second-order valence-corrected chi connectivity index (χ2v) is 5.39. The minimum absolute atomic E-state index is 0.150. The van der Waals surface area contributed by atoms with Crippen molar-refractivity contribution in [2.24, 2.45) is 0 Å². The van der Waals surface area contributed by atoms with Crippen molar-refractivity contribution in [3.8, 4) is 23.0 Å². The van der Waals surface area contributed by atoms with Crippen molar-refractivity contribution in [2.75, 3.05) is 41.5 Å². The molecule has 1 amide bonds. The molecular formula is C19H22FNO5. The van der Waals surface area contributed by atoms with Crippen LogP contribution < -0.4 is 18.9 Å². The van der Waals surface area contributed by atoms with Crippen molar-refractivity contribution in [2.45, 2.75) is 0 Å². The Bertz CT molecular complexity index is 766. The lowest BCUT2D eigenvalue weighted by Crippen LogP contribution is -2.31. The van der Waals surface area contributed by atoms with E-state index in [0.717, 1.165) is 0 Å². The molecule has 0 N–H and O–H groups in total. The molecule has 0 unspecified atom stereocenters. The van der Waals surface area contributed by atoms with E-state index in [1.807, 2.05) is 0 Å². The maximum atomic E-state index is 13.5. The number of hydrogen-bond acceptors (Lipinski definition) is 5. The first-order valence-electron chi connectivity index (χ1n) is 7.95. The minimum Gasteiger partial charge on any atom is -0.493 e. The number of hydrogen-bond donors (Lipinski definition) is 0. The number of rotatable bonds is 8. The van der Waals surface area contributed by atoms with E-state index in [2.05, 4.69) is 0 Å². The highest BCUT2D eigenvalue weighted by Crippen LogP contribution is 2.40. The summed E-state index contributed by atoms with van der Waals surface area (Å²) in [7, 11) is 6.06. The number of likely N-dealkylation sites (N-methyl/N-ethyl adjacent to an activating group) is 1. The van der Waals surface area contributed by atoms with Crippen LogP contribution in [0.3, 0.4) is 0 Å². The molecule has 0 heterocycles. The fraction of sp³-hybridized carbons (Fsp3) is 0.316. The third-order valence-corrected chi connectivity index (χ3v) is 3.80. The second-order valence-electron chi connectivity index (χ2n) is 5.39. The number of ether oxygens (including phenoxy) is 4. The van der Waals surface area contributed by atoms with E-state index in [1.54, 1.807) is 31.3 Å². The van der Waals surface area contributed by atoms with Crippen LogP contribution in [0.2, 0.25) is 0 Å². The number of para-hydroxylation sites is 1. The molecule has 0 aromatic heterocycles. The number of amides is 1. The molecule has 2 aromatic rings. The molecule has 0 spiro atoms. The molecule has 2 aromatic carbocycles. The van der Waals surface area contributed by atoms with Crippen LogP contribution in [0.4, 0.5) is 4.39 Å². The van der Waals surface area contributed by atoms with Crippen molar-refractivity contribution in [1.82, 2.24) is 4.90 Å². The van der Waals surface area contributed by atoms with Crippen molar-refractivity contribution in [3.63, 3.8) is 0 Å². The summed E-state index contributed by atoms with van der Waals surface area (Å²) in [6.45, 7) is 0.420. The van der Waals surface area contributed by atoms with E-state index in [-0.39, 0.29) is 24.8 Å². The van der Waals surface area contributed by atoms with Gasteiger partial charge in [0.2, 0.25) is 5.75 Å². The van der Waals surface area contributed by atoms with Gasteiger partial charge < -0.3 is 23.8 Å².